The molecule has 7 heteroatoms. The molecule has 0 aromatic heterocycles. The standard InChI is InChI=1S/C36H30N2P2S3/c41-39(31-19-7-1-8-20-31,32-21-9-2-10-22-32)37-43(35-27-15-5-16-28-35,36-29-17-6-18-30-36)38-40(42,33-23-11-3-12-24-33)34-25-13-4-14-26-34/h1-30H. The molecule has 0 aliphatic rings. The van der Waals surface area contributed by atoms with Gasteiger partial charge in [-0.15, -0.1) is 0 Å². The number of nitrogens with zero attached hydrogens (tertiary/aromatic N) is 2. The molecule has 43 heavy (non-hydrogen) atoms. The Balaban J connectivity index is 1.86. The topological polar surface area (TPSA) is 24.7 Å². The van der Waals surface area contributed by atoms with Gasteiger partial charge in [-0.3, -0.25) is 0 Å². The predicted molar refractivity (Wildman–Crippen MR) is 195 cm³/mol. The van der Waals surface area contributed by atoms with E-state index in [1.807, 2.05) is 84.9 Å². The molecular formula is C36H30N2P2S3. The third-order valence-corrected chi connectivity index (χ3v) is 20.3. The Morgan fingerprint density at radius 3 is 0.767 bits per heavy atom. The summed E-state index contributed by atoms with van der Waals surface area (Å²) in [5.74, 6) is 0. The second-order valence-electron chi connectivity index (χ2n) is 9.83. The van der Waals surface area contributed by atoms with E-state index in [4.69, 9.17) is 31.9 Å². The van der Waals surface area contributed by atoms with Crippen LogP contribution in [0.3, 0.4) is 0 Å². The predicted octanol–water partition coefficient (Wildman–Crippen LogP) is 8.72. The first-order valence-electron chi connectivity index (χ1n) is 13.9. The van der Waals surface area contributed by atoms with E-state index in [0.717, 1.165) is 31.0 Å². The van der Waals surface area contributed by atoms with Crippen LogP contribution in [-0.4, -0.2) is 0 Å². The molecule has 6 aromatic carbocycles. The summed E-state index contributed by atoms with van der Waals surface area (Å²) in [6, 6.07) is 62.3. The van der Waals surface area contributed by atoms with Crippen LogP contribution >= 0.6 is 12.4 Å². The second kappa shape index (κ2) is 13.1. The van der Waals surface area contributed by atoms with Crippen molar-refractivity contribution in [1.82, 2.24) is 0 Å². The average molecular weight is 649 g/mol. The molecule has 0 heterocycles. The molecule has 0 radical (unpaired) electrons. The van der Waals surface area contributed by atoms with Crippen LogP contribution in [0.25, 0.3) is 0 Å². The largest absolute Gasteiger partial charge is 0.204 e. The van der Waals surface area contributed by atoms with E-state index >= 15 is 0 Å². The van der Waals surface area contributed by atoms with Crippen molar-refractivity contribution >= 4 is 66.8 Å². The third kappa shape index (κ3) is 6.02. The van der Waals surface area contributed by atoms with Crippen LogP contribution < -0.4 is 21.2 Å². The van der Waals surface area contributed by atoms with Crippen molar-refractivity contribution in [1.29, 1.82) is 0 Å². The van der Waals surface area contributed by atoms with Crippen molar-refractivity contribution in [2.24, 2.45) is 8.27 Å². The first-order chi connectivity index (χ1) is 21.0. The highest BCUT2D eigenvalue weighted by Crippen LogP contribution is 2.54. The summed E-state index contributed by atoms with van der Waals surface area (Å²) in [4.78, 5) is 2.03. The highest BCUT2D eigenvalue weighted by Gasteiger charge is 2.30. The molecule has 0 aliphatic heterocycles. The van der Waals surface area contributed by atoms with Crippen LogP contribution in [0.4, 0.5) is 0 Å². The molecule has 0 saturated heterocycles. The molecule has 212 valence electrons. The number of hydrogen-bond donors (Lipinski definition) is 0. The lowest BCUT2D eigenvalue weighted by Crippen LogP contribution is -2.18. The van der Waals surface area contributed by atoms with Gasteiger partial charge in [-0.1, -0.05) is 181 Å². The third-order valence-electron chi connectivity index (χ3n) is 7.03. The Bertz CT molecular complexity index is 1790. The van der Waals surface area contributed by atoms with Crippen LogP contribution in [0, 0.1) is 0 Å². The van der Waals surface area contributed by atoms with Gasteiger partial charge in [0.1, 0.15) is 12.4 Å². The van der Waals surface area contributed by atoms with Crippen LogP contribution in [-0.2, 0) is 33.2 Å². The zero-order valence-electron chi connectivity index (χ0n) is 23.3. The van der Waals surface area contributed by atoms with Crippen LogP contribution in [0.15, 0.2) is 200 Å². The molecule has 0 saturated carbocycles. The molecule has 6 aromatic rings. The van der Waals surface area contributed by atoms with Crippen molar-refractivity contribution in [3.8, 4) is 0 Å². The number of benzene rings is 6. The van der Waals surface area contributed by atoms with E-state index < -0.39 is 22.0 Å². The number of hydrogen-bond acceptors (Lipinski definition) is 2. The summed E-state index contributed by atoms with van der Waals surface area (Å²) in [5, 5.41) is 4.12. The van der Waals surface area contributed by atoms with Gasteiger partial charge in [0, 0.05) is 40.6 Å². The molecule has 0 atom stereocenters. The zero-order chi connectivity index (χ0) is 29.6. The zero-order valence-corrected chi connectivity index (χ0v) is 27.6. The Morgan fingerprint density at radius 1 is 0.326 bits per heavy atom. The van der Waals surface area contributed by atoms with Crippen molar-refractivity contribution in [3.05, 3.63) is 182 Å². The van der Waals surface area contributed by atoms with Gasteiger partial charge in [0.25, 0.3) is 0 Å². The number of rotatable bonds is 8. The van der Waals surface area contributed by atoms with Gasteiger partial charge in [-0.05, 0) is 24.3 Å². The van der Waals surface area contributed by atoms with Crippen molar-refractivity contribution < 1.29 is 0 Å². The molecule has 0 spiro atoms. The smallest absolute Gasteiger partial charge is 0.122 e. The SMILES string of the molecule is S=P(N=S(=NP(=S)(c1ccccc1)c1ccccc1)(c1ccccc1)c1ccccc1)(c1ccccc1)c1ccccc1. The minimum atomic E-state index is -2.77. The molecule has 6 rings (SSSR count). The van der Waals surface area contributed by atoms with E-state index in [9.17, 15) is 0 Å². The van der Waals surface area contributed by atoms with E-state index in [-0.39, 0.29) is 0 Å². The highest BCUT2D eigenvalue weighted by molar-refractivity contribution is 8.26. The van der Waals surface area contributed by atoms with Crippen molar-refractivity contribution in [2.45, 2.75) is 9.79 Å². The minimum absolute atomic E-state index is 1.02. The molecule has 2 nitrogen and oxygen atoms in total. The fraction of sp³-hybridized carbons (Fsp3) is 0. The van der Waals surface area contributed by atoms with Crippen molar-refractivity contribution in [2.75, 3.05) is 0 Å². The molecule has 0 bridgehead atoms. The maximum absolute atomic E-state index is 6.79. The van der Waals surface area contributed by atoms with Crippen molar-refractivity contribution in [3.63, 3.8) is 0 Å². The lowest BCUT2D eigenvalue weighted by molar-refractivity contribution is 1.36. The first kappa shape index (κ1) is 29.6. The summed E-state index contributed by atoms with van der Waals surface area (Å²) in [6.07, 6.45) is -5.55. The first-order valence-corrected chi connectivity index (χ1v) is 21.0. The molecule has 0 aliphatic carbocycles. The Kier molecular flexibility index (Phi) is 9.00. The Hall–Kier alpha value is -3.43. The molecule has 0 fully saturated rings. The lowest BCUT2D eigenvalue weighted by atomic mass is 10.4. The van der Waals surface area contributed by atoms with Gasteiger partial charge in [0.05, 0.1) is 0 Å². The minimum Gasteiger partial charge on any atom is -0.204 e. The monoisotopic (exact) mass is 648 g/mol. The fourth-order valence-electron chi connectivity index (χ4n) is 4.90. The maximum atomic E-state index is 6.79. The average Bonchev–Trinajstić information content (AvgIpc) is 3.10. The molecule has 0 N–H and O–H groups in total. The van der Waals surface area contributed by atoms with Gasteiger partial charge in [-0.2, -0.15) is 0 Å². The molecule has 0 unspecified atom stereocenters. The highest BCUT2D eigenvalue weighted by atomic mass is 32.5. The fourth-order valence-corrected chi connectivity index (χ4v) is 18.4. The van der Waals surface area contributed by atoms with Crippen LogP contribution in [0.2, 0.25) is 0 Å². The normalized spacial score (nSPS) is 11.9. The Labute approximate surface area is 265 Å². The summed E-state index contributed by atoms with van der Waals surface area (Å²) < 4.78 is 11.9. The summed E-state index contributed by atoms with van der Waals surface area (Å²) >= 11 is 13.6. The summed E-state index contributed by atoms with van der Waals surface area (Å²) in [6.45, 7) is 0. The molecular weight excluding hydrogens is 619 g/mol. The van der Waals surface area contributed by atoms with E-state index in [1.165, 1.54) is 0 Å². The van der Waals surface area contributed by atoms with Gasteiger partial charge < -0.3 is 0 Å². The molecule has 0 amide bonds. The van der Waals surface area contributed by atoms with E-state index in [0.29, 0.717) is 0 Å². The maximum Gasteiger partial charge on any atom is 0.122 e. The van der Waals surface area contributed by atoms with E-state index in [2.05, 4.69) is 97.1 Å². The van der Waals surface area contributed by atoms with E-state index in [1.54, 1.807) is 0 Å². The lowest BCUT2D eigenvalue weighted by Gasteiger charge is -2.28. The second-order valence-corrected chi connectivity index (χ2v) is 20.7. The van der Waals surface area contributed by atoms with Gasteiger partial charge >= 0.3 is 0 Å². The summed E-state index contributed by atoms with van der Waals surface area (Å²) in [5.41, 5.74) is 0. The van der Waals surface area contributed by atoms with Gasteiger partial charge in [-0.25, -0.2) is 8.27 Å². The quantitative estimate of drug-likeness (QED) is 0.154. The Morgan fingerprint density at radius 2 is 0.535 bits per heavy atom. The summed E-state index contributed by atoms with van der Waals surface area (Å²) in [7, 11) is -2.52. The van der Waals surface area contributed by atoms with Crippen LogP contribution in [0.5, 0.6) is 0 Å². The van der Waals surface area contributed by atoms with Gasteiger partial charge in [0.15, 0.2) is 0 Å². The van der Waals surface area contributed by atoms with Gasteiger partial charge in [0.2, 0.25) is 0 Å². The van der Waals surface area contributed by atoms with Crippen LogP contribution in [0.1, 0.15) is 0 Å².